The van der Waals surface area contributed by atoms with Crippen LogP contribution >= 0.6 is 0 Å². The Bertz CT molecular complexity index is 1240. The van der Waals surface area contributed by atoms with Gasteiger partial charge in [-0.05, 0) is 74.8 Å². The van der Waals surface area contributed by atoms with Gasteiger partial charge in [-0.15, -0.1) is 0 Å². The predicted molar refractivity (Wildman–Crippen MR) is 139 cm³/mol. The molecule has 2 fully saturated rings. The van der Waals surface area contributed by atoms with Gasteiger partial charge in [-0.2, -0.15) is 5.10 Å². The van der Waals surface area contributed by atoms with Crippen molar-refractivity contribution in [2.75, 3.05) is 39.4 Å². The molecule has 0 bridgehead atoms. The van der Waals surface area contributed by atoms with Gasteiger partial charge in [0.15, 0.2) is 21.3 Å². The lowest BCUT2D eigenvalue weighted by atomic mass is 9.65. The molecule has 1 aliphatic carbocycles. The smallest absolute Gasteiger partial charge is 0.339 e. The highest BCUT2D eigenvalue weighted by Crippen LogP contribution is 2.49. The summed E-state index contributed by atoms with van der Waals surface area (Å²) < 4.78 is 34.1. The monoisotopic (exact) mass is 504 g/mol. The van der Waals surface area contributed by atoms with Crippen LogP contribution in [0.15, 0.2) is 52.5 Å². The van der Waals surface area contributed by atoms with Gasteiger partial charge < -0.3 is 19.7 Å². The molecule has 1 saturated carbocycles. The number of ether oxygens (including phenoxy) is 2. The van der Waals surface area contributed by atoms with Gasteiger partial charge >= 0.3 is 6.03 Å². The summed E-state index contributed by atoms with van der Waals surface area (Å²) >= 11 is 0. The third kappa shape index (κ3) is 5.13. The van der Waals surface area contributed by atoms with E-state index in [4.69, 9.17) is 9.47 Å². The number of hydrazone groups is 1. The number of methoxy groups -OCH3 is 2. The molecule has 2 aromatic carbocycles. The molecule has 1 saturated heterocycles. The minimum Gasteiger partial charge on any atom is -0.493 e. The highest BCUT2D eigenvalue weighted by molar-refractivity contribution is 7.90. The van der Waals surface area contributed by atoms with E-state index in [1.54, 1.807) is 26.4 Å². The van der Waals surface area contributed by atoms with Crippen molar-refractivity contribution in [1.29, 1.82) is 0 Å². The van der Waals surface area contributed by atoms with Gasteiger partial charge in [0.05, 0.1) is 19.1 Å². The lowest BCUT2D eigenvalue weighted by Gasteiger charge is -2.42. The summed E-state index contributed by atoms with van der Waals surface area (Å²) in [5.41, 5.74) is 5.26. The lowest BCUT2D eigenvalue weighted by Crippen LogP contribution is -2.46. The summed E-state index contributed by atoms with van der Waals surface area (Å²) in [6, 6.07) is 12.0. The summed E-state index contributed by atoms with van der Waals surface area (Å²) in [6.45, 7) is 0.990. The second kappa shape index (κ2) is 9.87. The zero-order valence-electron chi connectivity index (χ0n) is 20.5. The van der Waals surface area contributed by atoms with Crippen LogP contribution in [0.5, 0.6) is 11.5 Å². The number of likely N-dealkylation sites (tertiary alicyclic amines) is 1. The van der Waals surface area contributed by atoms with Crippen molar-refractivity contribution in [1.82, 2.24) is 10.3 Å². The van der Waals surface area contributed by atoms with Crippen molar-refractivity contribution in [2.24, 2.45) is 5.10 Å². The molecule has 2 aliphatic rings. The Kier molecular flexibility index (Phi) is 7.05. The number of hydrogen-bond acceptors (Lipinski definition) is 7. The van der Waals surface area contributed by atoms with Gasteiger partial charge in [0, 0.05) is 38.4 Å². The largest absolute Gasteiger partial charge is 0.493 e. The Morgan fingerprint density at radius 2 is 1.83 bits per heavy atom. The Morgan fingerprint density at radius 3 is 2.49 bits per heavy atom. The van der Waals surface area contributed by atoms with Crippen LogP contribution in [0.1, 0.15) is 34.1 Å². The van der Waals surface area contributed by atoms with E-state index in [2.05, 4.69) is 39.9 Å². The number of likely N-dealkylation sites (N-methyl/N-ethyl adjacent to an activating group) is 1. The Balaban J connectivity index is 0.00000241. The average molecular weight is 505 g/mol. The molecule has 2 atom stereocenters. The van der Waals surface area contributed by atoms with Gasteiger partial charge in [-0.1, -0.05) is 6.07 Å². The second-order valence-electron chi connectivity index (χ2n) is 9.22. The second-order valence-corrected chi connectivity index (χ2v) is 11.2. The van der Waals surface area contributed by atoms with E-state index in [1.807, 2.05) is 6.07 Å². The number of sulfone groups is 1. The number of benzene rings is 2. The van der Waals surface area contributed by atoms with Crippen molar-refractivity contribution in [3.8, 4) is 11.5 Å². The van der Waals surface area contributed by atoms with Crippen molar-refractivity contribution in [3.05, 3.63) is 48.0 Å². The summed E-state index contributed by atoms with van der Waals surface area (Å²) in [5, 5.41) is 7.09. The summed E-state index contributed by atoms with van der Waals surface area (Å²) in [4.78, 5) is 14.9. The molecule has 0 unspecified atom stereocenters. The van der Waals surface area contributed by atoms with Crippen molar-refractivity contribution in [3.63, 3.8) is 0 Å². The molecule has 1 aliphatic heterocycles. The quantitative estimate of drug-likeness (QED) is 0.578. The topological polar surface area (TPSA) is 109 Å². The van der Waals surface area contributed by atoms with E-state index < -0.39 is 15.9 Å². The van der Waals surface area contributed by atoms with E-state index in [0.29, 0.717) is 5.69 Å². The predicted octanol–water partition coefficient (Wildman–Crippen LogP) is 3.90. The molecule has 0 spiro atoms. The highest BCUT2D eigenvalue weighted by Gasteiger charge is 2.49. The molecule has 10 heteroatoms. The number of carbonyl (C=O) groups excluding carboxylic acids is 1. The normalized spacial score (nSPS) is 23.5. The molecular weight excluding hydrogens is 468 g/mol. The highest BCUT2D eigenvalue weighted by atomic mass is 32.2. The molecule has 0 radical (unpaired) electrons. The van der Waals surface area contributed by atoms with E-state index in [0.717, 1.165) is 55.7 Å². The van der Waals surface area contributed by atoms with E-state index in [1.165, 1.54) is 17.7 Å². The first kappa shape index (κ1) is 25.0. The zero-order valence-corrected chi connectivity index (χ0v) is 21.3. The van der Waals surface area contributed by atoms with E-state index >= 15 is 0 Å². The number of amides is 2. The number of hydrogen-bond donors (Lipinski definition) is 2. The fraction of sp³-hybridized carbons (Fsp3) is 0.440. The van der Waals surface area contributed by atoms with Crippen molar-refractivity contribution in [2.45, 2.75) is 42.0 Å². The first-order valence-corrected chi connectivity index (χ1v) is 13.4. The van der Waals surface area contributed by atoms with Crippen molar-refractivity contribution < 1.29 is 25.5 Å². The molecule has 192 valence electrons. The van der Waals surface area contributed by atoms with Crippen LogP contribution in [0.3, 0.4) is 0 Å². The summed E-state index contributed by atoms with van der Waals surface area (Å²) in [5.74, 6) is 1.45. The van der Waals surface area contributed by atoms with Crippen LogP contribution in [0.2, 0.25) is 0 Å². The molecule has 1 heterocycles. The minimum absolute atomic E-state index is 0. The van der Waals surface area contributed by atoms with Gasteiger partial charge in [-0.25, -0.2) is 18.6 Å². The Hall–Kier alpha value is -3.11. The lowest BCUT2D eigenvalue weighted by molar-refractivity contribution is 0.225. The van der Waals surface area contributed by atoms with Gasteiger partial charge in [0.1, 0.15) is 0 Å². The van der Waals surface area contributed by atoms with Gasteiger partial charge in [-0.3, -0.25) is 0 Å². The number of anilines is 1. The molecule has 2 amide bonds. The van der Waals surface area contributed by atoms with Crippen molar-refractivity contribution >= 4 is 27.3 Å². The number of nitrogens with one attached hydrogen (secondary N) is 2. The Morgan fingerprint density at radius 1 is 1.11 bits per heavy atom. The molecule has 2 N–H and O–H groups in total. The fourth-order valence-electron chi connectivity index (χ4n) is 5.26. The maximum absolute atomic E-state index is 12.4. The van der Waals surface area contributed by atoms with Gasteiger partial charge in [0.25, 0.3) is 0 Å². The van der Waals surface area contributed by atoms with Gasteiger partial charge in [0.2, 0.25) is 0 Å². The molecule has 0 aromatic heterocycles. The van der Waals surface area contributed by atoms with Crippen LogP contribution in [0.25, 0.3) is 0 Å². The van der Waals surface area contributed by atoms with Crippen LogP contribution < -0.4 is 20.2 Å². The third-order valence-corrected chi connectivity index (χ3v) is 8.31. The third-order valence-electron chi connectivity index (χ3n) is 7.18. The molecular formula is C25H36N4O5S. The van der Waals surface area contributed by atoms with Crippen LogP contribution in [0, 0.1) is 0 Å². The van der Waals surface area contributed by atoms with E-state index in [9.17, 15) is 13.2 Å². The molecule has 35 heavy (non-hydrogen) atoms. The molecule has 2 aromatic rings. The summed E-state index contributed by atoms with van der Waals surface area (Å²) in [7, 11) is 2.14. The number of urea groups is 1. The minimum atomic E-state index is -3.28. The first-order chi connectivity index (χ1) is 16.7. The fourth-order valence-corrected chi connectivity index (χ4v) is 5.89. The van der Waals surface area contributed by atoms with Crippen LogP contribution in [0.4, 0.5) is 10.5 Å². The zero-order chi connectivity index (χ0) is 25.2. The maximum Gasteiger partial charge on any atom is 0.339 e. The maximum atomic E-state index is 12.4. The standard InChI is InChI=1S/C25H32N4O5S.2H2/c1-29-14-13-25(17-5-10-21(33-2)22(15-17)34-3)12-11-19(16-23(25)29)27-28-24(30)26-18-6-8-20(9-7-18)35(4,31)32;;/h5-10,15,23H,11-14,16H2,1-4H3,(H2,26,28,30);2*1H/b27-19+;;/t23-,25-;;/m0../s1. The number of carbonyl (C=O) groups is 1. The number of rotatable bonds is 6. The first-order valence-electron chi connectivity index (χ1n) is 11.5. The average Bonchev–Trinajstić information content (AvgIpc) is 3.19. The van der Waals surface area contributed by atoms with E-state index in [-0.39, 0.29) is 19.2 Å². The Labute approximate surface area is 209 Å². The summed E-state index contributed by atoms with van der Waals surface area (Å²) in [6.07, 6.45) is 4.65. The van der Waals surface area contributed by atoms with Crippen LogP contribution in [-0.2, 0) is 15.3 Å². The number of nitrogens with zero attached hydrogens (tertiary/aromatic N) is 2. The molecule has 4 rings (SSSR count). The van der Waals surface area contributed by atoms with Crippen LogP contribution in [-0.4, -0.2) is 65.2 Å². The SMILES string of the molecule is COc1ccc([C@@]23CC/C(=N\NC(=O)Nc4ccc(S(C)(=O)=O)cc4)C[C@@H]2N(C)CC3)cc1OC.[HH].[HH]. The molecule has 9 nitrogen and oxygen atoms in total. The number of fused-ring (bicyclic) bond motifs is 1.